The van der Waals surface area contributed by atoms with Crippen molar-refractivity contribution >= 4 is 5.82 Å². The van der Waals surface area contributed by atoms with Gasteiger partial charge >= 0.3 is 0 Å². The van der Waals surface area contributed by atoms with Crippen LogP contribution in [0, 0.1) is 5.82 Å². The summed E-state index contributed by atoms with van der Waals surface area (Å²) in [6.07, 6.45) is 0. The number of benzene rings is 1. The Bertz CT molecular complexity index is 557. The molecule has 1 aromatic heterocycles. The summed E-state index contributed by atoms with van der Waals surface area (Å²) in [5.41, 5.74) is 1.68. The van der Waals surface area contributed by atoms with E-state index in [2.05, 4.69) is 15.2 Å². The molecule has 20 heavy (non-hydrogen) atoms. The summed E-state index contributed by atoms with van der Waals surface area (Å²) in [6.45, 7) is 4.15. The standard InChI is InChI=1S/C16H20FN3/c1-3-18-16-10-6-8-14(19-16)12-20(2)11-13-7-4-5-9-15(13)17/h4-10H,3,11-12H2,1-2H3,(H,18,19). The van der Waals surface area contributed by atoms with E-state index >= 15 is 0 Å². The molecular formula is C16H20FN3. The summed E-state index contributed by atoms with van der Waals surface area (Å²) in [5.74, 6) is 0.720. The van der Waals surface area contributed by atoms with Crippen molar-refractivity contribution < 1.29 is 4.39 Å². The zero-order valence-electron chi connectivity index (χ0n) is 11.9. The van der Waals surface area contributed by atoms with Crippen LogP contribution in [0.5, 0.6) is 0 Å². The Morgan fingerprint density at radius 2 is 1.90 bits per heavy atom. The van der Waals surface area contributed by atoms with Gasteiger partial charge in [-0.25, -0.2) is 9.37 Å². The predicted octanol–water partition coefficient (Wildman–Crippen LogP) is 3.28. The summed E-state index contributed by atoms with van der Waals surface area (Å²) in [7, 11) is 1.97. The number of pyridine rings is 1. The van der Waals surface area contributed by atoms with Crippen LogP contribution >= 0.6 is 0 Å². The second-order valence-corrected chi connectivity index (χ2v) is 4.81. The molecule has 4 heteroatoms. The average molecular weight is 273 g/mol. The first kappa shape index (κ1) is 14.5. The van der Waals surface area contributed by atoms with Crippen LogP contribution in [-0.4, -0.2) is 23.5 Å². The van der Waals surface area contributed by atoms with Gasteiger partial charge in [0.1, 0.15) is 11.6 Å². The van der Waals surface area contributed by atoms with E-state index in [-0.39, 0.29) is 5.82 Å². The minimum absolute atomic E-state index is 0.159. The molecule has 1 aromatic carbocycles. The van der Waals surface area contributed by atoms with Gasteiger partial charge in [-0.2, -0.15) is 0 Å². The smallest absolute Gasteiger partial charge is 0.127 e. The van der Waals surface area contributed by atoms with Crippen LogP contribution in [0.15, 0.2) is 42.5 Å². The summed E-state index contributed by atoms with van der Waals surface area (Å²) in [5, 5.41) is 3.19. The van der Waals surface area contributed by atoms with Crippen molar-refractivity contribution in [3.63, 3.8) is 0 Å². The molecule has 0 spiro atoms. The Hall–Kier alpha value is -1.94. The number of rotatable bonds is 6. The molecule has 0 saturated heterocycles. The maximum absolute atomic E-state index is 13.6. The molecule has 1 N–H and O–H groups in total. The minimum Gasteiger partial charge on any atom is -0.370 e. The molecule has 0 bridgehead atoms. The van der Waals surface area contributed by atoms with Crippen LogP contribution in [0.2, 0.25) is 0 Å². The summed E-state index contributed by atoms with van der Waals surface area (Å²) in [6, 6.07) is 12.8. The van der Waals surface area contributed by atoms with Gasteiger partial charge in [-0.15, -0.1) is 0 Å². The van der Waals surface area contributed by atoms with E-state index in [9.17, 15) is 4.39 Å². The fourth-order valence-electron chi connectivity index (χ4n) is 2.10. The second-order valence-electron chi connectivity index (χ2n) is 4.81. The second kappa shape index (κ2) is 7.01. The molecule has 0 amide bonds. The summed E-state index contributed by atoms with van der Waals surface area (Å²) < 4.78 is 13.6. The van der Waals surface area contributed by atoms with Crippen molar-refractivity contribution in [2.24, 2.45) is 0 Å². The van der Waals surface area contributed by atoms with Gasteiger partial charge in [0.15, 0.2) is 0 Å². The third-order valence-electron chi connectivity index (χ3n) is 2.99. The topological polar surface area (TPSA) is 28.2 Å². The molecule has 0 saturated carbocycles. The number of halogens is 1. The first-order valence-electron chi connectivity index (χ1n) is 6.80. The molecule has 0 aliphatic rings. The van der Waals surface area contributed by atoms with Gasteiger partial charge in [0, 0.05) is 25.2 Å². The highest BCUT2D eigenvalue weighted by molar-refractivity contribution is 5.35. The fourth-order valence-corrected chi connectivity index (χ4v) is 2.10. The molecule has 2 aromatic rings. The predicted molar refractivity (Wildman–Crippen MR) is 80.0 cm³/mol. The van der Waals surface area contributed by atoms with E-state index in [1.807, 2.05) is 44.3 Å². The van der Waals surface area contributed by atoms with Crippen molar-refractivity contribution in [3.05, 3.63) is 59.5 Å². The largest absolute Gasteiger partial charge is 0.370 e. The third kappa shape index (κ3) is 4.03. The van der Waals surface area contributed by atoms with Crippen LogP contribution in [0.4, 0.5) is 10.2 Å². The SMILES string of the molecule is CCNc1cccc(CN(C)Cc2ccccc2F)n1. The molecule has 0 aliphatic heterocycles. The van der Waals surface area contributed by atoms with E-state index < -0.39 is 0 Å². The maximum atomic E-state index is 13.6. The van der Waals surface area contributed by atoms with Gasteiger partial charge < -0.3 is 5.32 Å². The molecule has 0 aliphatic carbocycles. The monoisotopic (exact) mass is 273 g/mol. The van der Waals surface area contributed by atoms with Gasteiger partial charge in [-0.1, -0.05) is 24.3 Å². The van der Waals surface area contributed by atoms with Crippen LogP contribution < -0.4 is 5.32 Å². The lowest BCUT2D eigenvalue weighted by Crippen LogP contribution is -2.19. The third-order valence-corrected chi connectivity index (χ3v) is 2.99. The summed E-state index contributed by atoms with van der Waals surface area (Å²) in [4.78, 5) is 6.57. The van der Waals surface area contributed by atoms with Crippen LogP contribution in [0.3, 0.4) is 0 Å². The lowest BCUT2D eigenvalue weighted by atomic mass is 10.2. The van der Waals surface area contributed by atoms with Crippen molar-refractivity contribution in [1.82, 2.24) is 9.88 Å². The number of aromatic nitrogens is 1. The molecule has 3 nitrogen and oxygen atoms in total. The number of hydrogen-bond acceptors (Lipinski definition) is 3. The van der Waals surface area contributed by atoms with E-state index in [4.69, 9.17) is 0 Å². The van der Waals surface area contributed by atoms with Gasteiger partial charge in [0.25, 0.3) is 0 Å². The molecule has 1 heterocycles. The molecule has 0 fully saturated rings. The first-order chi connectivity index (χ1) is 9.69. The Morgan fingerprint density at radius 1 is 1.10 bits per heavy atom. The number of anilines is 1. The first-order valence-corrected chi connectivity index (χ1v) is 6.80. The van der Waals surface area contributed by atoms with Crippen LogP contribution in [-0.2, 0) is 13.1 Å². The van der Waals surface area contributed by atoms with Crippen molar-refractivity contribution in [2.45, 2.75) is 20.0 Å². The number of nitrogens with one attached hydrogen (secondary N) is 1. The zero-order valence-corrected chi connectivity index (χ0v) is 11.9. The lowest BCUT2D eigenvalue weighted by molar-refractivity contribution is 0.310. The molecule has 0 atom stereocenters. The van der Waals surface area contributed by atoms with Crippen LogP contribution in [0.25, 0.3) is 0 Å². The van der Waals surface area contributed by atoms with Gasteiger partial charge in [0.05, 0.1) is 5.69 Å². The number of hydrogen-bond donors (Lipinski definition) is 1. The fraction of sp³-hybridized carbons (Fsp3) is 0.312. The lowest BCUT2D eigenvalue weighted by Gasteiger charge is -2.17. The highest BCUT2D eigenvalue weighted by Crippen LogP contribution is 2.12. The Morgan fingerprint density at radius 3 is 2.65 bits per heavy atom. The highest BCUT2D eigenvalue weighted by atomic mass is 19.1. The van der Waals surface area contributed by atoms with Crippen LogP contribution in [0.1, 0.15) is 18.2 Å². The number of nitrogens with zero attached hydrogens (tertiary/aromatic N) is 2. The Labute approximate surface area is 119 Å². The quantitative estimate of drug-likeness (QED) is 0.875. The summed E-state index contributed by atoms with van der Waals surface area (Å²) >= 11 is 0. The molecule has 2 rings (SSSR count). The van der Waals surface area contributed by atoms with Gasteiger partial charge in [0.2, 0.25) is 0 Å². The van der Waals surface area contributed by atoms with Crippen molar-refractivity contribution in [1.29, 1.82) is 0 Å². The molecule has 0 unspecified atom stereocenters. The molecular weight excluding hydrogens is 253 g/mol. The van der Waals surface area contributed by atoms with E-state index in [0.717, 1.165) is 18.1 Å². The molecule has 106 valence electrons. The Balaban J connectivity index is 1.99. The van der Waals surface area contributed by atoms with E-state index in [0.29, 0.717) is 18.7 Å². The normalized spacial score (nSPS) is 10.8. The maximum Gasteiger partial charge on any atom is 0.127 e. The van der Waals surface area contributed by atoms with E-state index in [1.165, 1.54) is 6.07 Å². The van der Waals surface area contributed by atoms with Crippen molar-refractivity contribution in [2.75, 3.05) is 18.9 Å². The average Bonchev–Trinajstić information content (AvgIpc) is 2.42. The van der Waals surface area contributed by atoms with Gasteiger partial charge in [-0.05, 0) is 32.2 Å². The minimum atomic E-state index is -0.159. The highest BCUT2D eigenvalue weighted by Gasteiger charge is 2.06. The van der Waals surface area contributed by atoms with E-state index in [1.54, 1.807) is 6.07 Å². The zero-order chi connectivity index (χ0) is 14.4. The molecule has 0 radical (unpaired) electrons. The van der Waals surface area contributed by atoms with Crippen molar-refractivity contribution in [3.8, 4) is 0 Å². The van der Waals surface area contributed by atoms with Gasteiger partial charge in [-0.3, -0.25) is 4.90 Å². The Kier molecular flexibility index (Phi) is 5.07.